The highest BCUT2D eigenvalue weighted by atomic mass is 35.5. The average molecular weight is 462 g/mol. The minimum Gasteiger partial charge on any atom is -0.457 e. The molecule has 1 aromatic heterocycles. The van der Waals surface area contributed by atoms with Crippen molar-refractivity contribution >= 4 is 56.3 Å². The van der Waals surface area contributed by atoms with Crippen LogP contribution in [0.4, 0.5) is 0 Å². The van der Waals surface area contributed by atoms with Gasteiger partial charge in [-0.2, -0.15) is 4.31 Å². The lowest BCUT2D eigenvalue weighted by atomic mass is 9.98. The third-order valence-corrected chi connectivity index (χ3v) is 8.27. The smallest absolute Gasteiger partial charge is 0.309 e. The second-order valence-electron chi connectivity index (χ2n) is 6.27. The van der Waals surface area contributed by atoms with E-state index in [9.17, 15) is 18.0 Å². The molecular formula is C18H17Cl2NO5S2. The summed E-state index contributed by atoms with van der Waals surface area (Å²) in [5, 5.41) is 2.31. The first-order valence-corrected chi connectivity index (χ1v) is 11.5. The number of nitrogens with zero attached hydrogens (tertiary/aromatic N) is 1. The summed E-state index contributed by atoms with van der Waals surface area (Å²) in [4.78, 5) is 24.5. The molecule has 2 aromatic rings. The molecule has 10 heteroatoms. The number of ether oxygens (including phenoxy) is 1. The molecule has 1 aliphatic heterocycles. The summed E-state index contributed by atoms with van der Waals surface area (Å²) in [6.45, 7) is 0.0435. The number of thiophene rings is 1. The van der Waals surface area contributed by atoms with E-state index in [0.717, 1.165) is 11.3 Å². The van der Waals surface area contributed by atoms with E-state index in [0.29, 0.717) is 22.1 Å². The van der Waals surface area contributed by atoms with Crippen LogP contribution in [0.15, 0.2) is 39.9 Å². The van der Waals surface area contributed by atoms with Gasteiger partial charge < -0.3 is 4.74 Å². The first kappa shape index (κ1) is 21.3. The highest BCUT2D eigenvalue weighted by Crippen LogP contribution is 2.27. The molecule has 1 aromatic carbocycles. The van der Waals surface area contributed by atoms with E-state index in [4.69, 9.17) is 27.9 Å². The maximum atomic E-state index is 12.5. The molecule has 0 aliphatic carbocycles. The molecular weight excluding hydrogens is 445 g/mol. The van der Waals surface area contributed by atoms with Crippen LogP contribution >= 0.6 is 34.5 Å². The number of carbonyl (C=O) groups excluding carboxylic acids is 2. The normalized spacial score (nSPS) is 16.1. The molecule has 3 rings (SSSR count). The Bertz CT molecular complexity index is 968. The quantitative estimate of drug-likeness (QED) is 0.481. The van der Waals surface area contributed by atoms with Crippen LogP contribution in [0.1, 0.15) is 23.2 Å². The van der Waals surface area contributed by atoms with Crippen molar-refractivity contribution in [2.24, 2.45) is 5.92 Å². The Balaban J connectivity index is 1.52. The van der Waals surface area contributed by atoms with Crippen LogP contribution in [0, 0.1) is 5.92 Å². The van der Waals surface area contributed by atoms with Crippen molar-refractivity contribution in [1.82, 2.24) is 4.31 Å². The molecule has 28 heavy (non-hydrogen) atoms. The number of piperidine rings is 1. The van der Waals surface area contributed by atoms with Gasteiger partial charge in [-0.15, -0.1) is 11.3 Å². The molecule has 0 N–H and O–H groups in total. The standard InChI is InChI=1S/C18H17Cl2NO5S2/c19-13-3-4-14(15(20)10-13)16(22)11-26-18(23)12-5-7-21(8-6-12)28(24,25)17-2-1-9-27-17/h1-4,9-10,12H,5-8,11H2. The molecule has 150 valence electrons. The number of ketones is 1. The van der Waals surface area contributed by atoms with Gasteiger partial charge in [0.15, 0.2) is 6.61 Å². The van der Waals surface area contributed by atoms with Gasteiger partial charge in [-0.3, -0.25) is 9.59 Å². The third kappa shape index (κ3) is 4.75. The van der Waals surface area contributed by atoms with Gasteiger partial charge in [0.1, 0.15) is 4.21 Å². The molecule has 2 heterocycles. The Morgan fingerprint density at radius 3 is 2.50 bits per heavy atom. The van der Waals surface area contributed by atoms with Crippen molar-refractivity contribution in [3.8, 4) is 0 Å². The molecule has 0 atom stereocenters. The topological polar surface area (TPSA) is 80.8 Å². The summed E-state index contributed by atoms with van der Waals surface area (Å²) in [6, 6.07) is 7.71. The van der Waals surface area contributed by atoms with Crippen LogP contribution in [0.5, 0.6) is 0 Å². The van der Waals surface area contributed by atoms with Crippen molar-refractivity contribution < 1.29 is 22.7 Å². The fourth-order valence-electron chi connectivity index (χ4n) is 2.92. The molecule has 0 bridgehead atoms. The van der Waals surface area contributed by atoms with E-state index in [1.807, 2.05) is 0 Å². The summed E-state index contributed by atoms with van der Waals surface area (Å²) < 4.78 is 31.8. The van der Waals surface area contributed by atoms with E-state index < -0.39 is 34.3 Å². The number of benzene rings is 1. The van der Waals surface area contributed by atoms with Crippen LogP contribution < -0.4 is 0 Å². The first-order valence-electron chi connectivity index (χ1n) is 8.47. The largest absolute Gasteiger partial charge is 0.457 e. The van der Waals surface area contributed by atoms with Crippen molar-refractivity contribution in [3.05, 3.63) is 51.3 Å². The molecule has 1 fully saturated rings. The number of esters is 1. The van der Waals surface area contributed by atoms with Crippen LogP contribution in [-0.2, 0) is 19.6 Å². The number of hydrogen-bond acceptors (Lipinski definition) is 6. The second kappa shape index (κ2) is 8.92. The fourth-order valence-corrected chi connectivity index (χ4v) is 6.05. The maximum Gasteiger partial charge on any atom is 0.309 e. The highest BCUT2D eigenvalue weighted by Gasteiger charge is 2.33. The van der Waals surface area contributed by atoms with Crippen LogP contribution in [-0.4, -0.2) is 44.2 Å². The van der Waals surface area contributed by atoms with E-state index in [2.05, 4.69) is 0 Å². The Hall–Kier alpha value is -1.45. The molecule has 0 spiro atoms. The van der Waals surface area contributed by atoms with E-state index >= 15 is 0 Å². The van der Waals surface area contributed by atoms with Gasteiger partial charge in [0.2, 0.25) is 5.78 Å². The average Bonchev–Trinajstić information content (AvgIpc) is 3.21. The zero-order chi connectivity index (χ0) is 20.3. The lowest BCUT2D eigenvalue weighted by Crippen LogP contribution is -2.40. The summed E-state index contributed by atoms with van der Waals surface area (Å²) >= 11 is 12.9. The summed E-state index contributed by atoms with van der Waals surface area (Å²) in [5.41, 5.74) is 0.232. The summed E-state index contributed by atoms with van der Waals surface area (Å²) in [7, 11) is -3.52. The van der Waals surface area contributed by atoms with E-state index in [1.165, 1.54) is 22.5 Å². The highest BCUT2D eigenvalue weighted by molar-refractivity contribution is 7.91. The lowest BCUT2D eigenvalue weighted by Gasteiger charge is -2.29. The molecule has 6 nitrogen and oxygen atoms in total. The number of carbonyl (C=O) groups is 2. The minimum atomic E-state index is -3.52. The van der Waals surface area contributed by atoms with Gasteiger partial charge in [0.25, 0.3) is 10.0 Å². The Morgan fingerprint density at radius 1 is 1.18 bits per heavy atom. The zero-order valence-electron chi connectivity index (χ0n) is 14.6. The zero-order valence-corrected chi connectivity index (χ0v) is 17.8. The fraction of sp³-hybridized carbons (Fsp3) is 0.333. The number of halogens is 2. The van der Waals surface area contributed by atoms with Gasteiger partial charge in [0.05, 0.1) is 10.9 Å². The molecule has 0 saturated carbocycles. The number of sulfonamides is 1. The molecule has 0 amide bonds. The van der Waals surface area contributed by atoms with Crippen molar-refractivity contribution in [2.45, 2.75) is 17.1 Å². The summed E-state index contributed by atoms with van der Waals surface area (Å²) in [5.74, 6) is -1.37. The Labute approximate surface area is 177 Å². The Morgan fingerprint density at radius 2 is 1.89 bits per heavy atom. The first-order chi connectivity index (χ1) is 13.3. The molecule has 0 radical (unpaired) electrons. The number of hydrogen-bond donors (Lipinski definition) is 0. The van der Waals surface area contributed by atoms with Gasteiger partial charge in [0, 0.05) is 23.7 Å². The Kier molecular flexibility index (Phi) is 6.77. The van der Waals surface area contributed by atoms with Crippen molar-refractivity contribution in [2.75, 3.05) is 19.7 Å². The lowest BCUT2D eigenvalue weighted by molar-refractivity contribution is -0.148. The monoisotopic (exact) mass is 461 g/mol. The van der Waals surface area contributed by atoms with Gasteiger partial charge >= 0.3 is 5.97 Å². The van der Waals surface area contributed by atoms with Crippen molar-refractivity contribution in [1.29, 1.82) is 0 Å². The number of rotatable bonds is 6. The predicted octanol–water partition coefficient (Wildman–Crippen LogP) is 3.88. The van der Waals surface area contributed by atoms with Gasteiger partial charge in [-0.1, -0.05) is 29.3 Å². The molecule has 1 saturated heterocycles. The maximum absolute atomic E-state index is 12.5. The van der Waals surface area contributed by atoms with Crippen LogP contribution in [0.2, 0.25) is 10.0 Å². The van der Waals surface area contributed by atoms with Crippen LogP contribution in [0.25, 0.3) is 0 Å². The third-order valence-electron chi connectivity index (χ3n) is 4.45. The molecule has 0 unspecified atom stereocenters. The van der Waals surface area contributed by atoms with E-state index in [-0.39, 0.29) is 23.7 Å². The van der Waals surface area contributed by atoms with Gasteiger partial charge in [-0.25, -0.2) is 8.42 Å². The minimum absolute atomic E-state index is 0.195. The van der Waals surface area contributed by atoms with E-state index in [1.54, 1.807) is 17.5 Å². The second-order valence-corrected chi connectivity index (χ2v) is 10.2. The molecule has 1 aliphatic rings. The predicted molar refractivity (Wildman–Crippen MR) is 108 cm³/mol. The van der Waals surface area contributed by atoms with Crippen molar-refractivity contribution in [3.63, 3.8) is 0 Å². The van der Waals surface area contributed by atoms with Gasteiger partial charge in [-0.05, 0) is 42.5 Å². The number of Topliss-reactive ketones (excluding diaryl/α,β-unsaturated/α-hetero) is 1. The van der Waals surface area contributed by atoms with Crippen LogP contribution in [0.3, 0.4) is 0 Å². The SMILES string of the molecule is O=C(COC(=O)C1CCN(S(=O)(=O)c2cccs2)CC1)c1ccc(Cl)cc1Cl. The summed E-state index contributed by atoms with van der Waals surface area (Å²) in [6.07, 6.45) is 0.693.